The first kappa shape index (κ1) is 23.1. The SMILES string of the molecule is CC(=O)OC[C@H]1O[C@@H](Oc2cc3ccc(=O)oc3cc2O)C[C@@H](OC(C)=O)[C@@H]1OC(C)=O. The first-order chi connectivity index (χ1) is 15.1. The molecule has 1 aliphatic rings. The van der Waals surface area contributed by atoms with E-state index in [2.05, 4.69) is 0 Å². The van der Waals surface area contributed by atoms with Crippen molar-refractivity contribution >= 4 is 28.9 Å². The highest BCUT2D eigenvalue weighted by atomic mass is 16.7. The van der Waals surface area contributed by atoms with Crippen LogP contribution >= 0.6 is 0 Å². The molecule has 1 N–H and O–H groups in total. The van der Waals surface area contributed by atoms with E-state index in [-0.39, 0.29) is 30.1 Å². The zero-order valence-electron chi connectivity index (χ0n) is 17.6. The highest BCUT2D eigenvalue weighted by Gasteiger charge is 2.44. The first-order valence-electron chi connectivity index (χ1n) is 9.69. The van der Waals surface area contributed by atoms with Gasteiger partial charge in [-0.3, -0.25) is 14.4 Å². The standard InChI is InChI=1S/C21H22O11/c1-10(22)27-9-18-21(29-12(3)24)17(28-11(2)23)8-20(32-18)31-16-6-13-4-5-19(26)30-15(13)7-14(16)25/h4-7,17-18,20-21,25H,8-9H2,1-3H3/t17-,18-,20-,21+/m1/s1. The number of fused-ring (bicyclic) bond motifs is 1. The van der Waals surface area contributed by atoms with Gasteiger partial charge in [0.25, 0.3) is 0 Å². The van der Waals surface area contributed by atoms with Gasteiger partial charge in [0.05, 0.1) is 6.42 Å². The third-order valence-electron chi connectivity index (χ3n) is 4.51. The van der Waals surface area contributed by atoms with E-state index in [1.54, 1.807) is 0 Å². The highest BCUT2D eigenvalue weighted by Crippen LogP contribution is 2.34. The van der Waals surface area contributed by atoms with Crippen molar-refractivity contribution in [2.24, 2.45) is 0 Å². The molecule has 0 bridgehead atoms. The van der Waals surface area contributed by atoms with Crippen molar-refractivity contribution in [3.8, 4) is 11.5 Å². The Balaban J connectivity index is 1.87. The Morgan fingerprint density at radius 3 is 2.44 bits per heavy atom. The quantitative estimate of drug-likeness (QED) is 0.387. The number of rotatable bonds is 6. The predicted molar refractivity (Wildman–Crippen MR) is 106 cm³/mol. The molecule has 2 aromatic rings. The summed E-state index contributed by atoms with van der Waals surface area (Å²) in [4.78, 5) is 45.8. The van der Waals surface area contributed by atoms with E-state index in [9.17, 15) is 24.3 Å². The van der Waals surface area contributed by atoms with Crippen molar-refractivity contribution < 1.29 is 47.6 Å². The molecule has 0 amide bonds. The van der Waals surface area contributed by atoms with Crippen LogP contribution in [0.2, 0.25) is 0 Å². The van der Waals surface area contributed by atoms with Gasteiger partial charge in [0, 0.05) is 38.3 Å². The zero-order chi connectivity index (χ0) is 23.4. The van der Waals surface area contributed by atoms with Gasteiger partial charge in [-0.05, 0) is 12.1 Å². The number of phenols is 1. The molecule has 172 valence electrons. The summed E-state index contributed by atoms with van der Waals surface area (Å²) >= 11 is 0. The largest absolute Gasteiger partial charge is 0.504 e. The molecule has 1 aliphatic heterocycles. The van der Waals surface area contributed by atoms with Gasteiger partial charge in [-0.15, -0.1) is 0 Å². The Morgan fingerprint density at radius 2 is 1.78 bits per heavy atom. The van der Waals surface area contributed by atoms with Gasteiger partial charge in [0.1, 0.15) is 24.4 Å². The molecule has 32 heavy (non-hydrogen) atoms. The second-order valence-corrected chi connectivity index (χ2v) is 7.09. The van der Waals surface area contributed by atoms with Crippen molar-refractivity contribution in [2.45, 2.75) is 51.8 Å². The molecule has 11 heteroatoms. The molecule has 0 aliphatic carbocycles. The van der Waals surface area contributed by atoms with Crippen molar-refractivity contribution in [1.82, 2.24) is 0 Å². The van der Waals surface area contributed by atoms with Gasteiger partial charge in [0.2, 0.25) is 6.29 Å². The van der Waals surface area contributed by atoms with Gasteiger partial charge >= 0.3 is 23.5 Å². The lowest BCUT2D eigenvalue weighted by molar-refractivity contribution is -0.246. The van der Waals surface area contributed by atoms with Gasteiger partial charge in [-0.1, -0.05) is 0 Å². The molecule has 1 fully saturated rings. The summed E-state index contributed by atoms with van der Waals surface area (Å²) in [5.74, 6) is -2.16. The molecule has 4 atom stereocenters. The second kappa shape index (κ2) is 9.69. The van der Waals surface area contributed by atoms with E-state index in [1.165, 1.54) is 45.0 Å². The minimum Gasteiger partial charge on any atom is -0.504 e. The molecular formula is C21H22O11. The van der Waals surface area contributed by atoms with Crippen LogP contribution in [-0.4, -0.2) is 54.2 Å². The normalized spacial score (nSPS) is 22.7. The molecule has 2 heterocycles. The molecule has 11 nitrogen and oxygen atoms in total. The number of hydrogen-bond acceptors (Lipinski definition) is 11. The van der Waals surface area contributed by atoms with E-state index in [0.29, 0.717) is 5.39 Å². The molecular weight excluding hydrogens is 428 g/mol. The Morgan fingerprint density at radius 1 is 1.06 bits per heavy atom. The van der Waals surface area contributed by atoms with E-state index in [4.69, 9.17) is 28.1 Å². The van der Waals surface area contributed by atoms with Crippen LogP contribution in [0.25, 0.3) is 11.0 Å². The van der Waals surface area contributed by atoms with Crippen LogP contribution in [0, 0.1) is 0 Å². The summed E-state index contributed by atoms with van der Waals surface area (Å²) in [7, 11) is 0. The summed E-state index contributed by atoms with van der Waals surface area (Å²) in [6.07, 6.45) is -4.13. The van der Waals surface area contributed by atoms with Crippen molar-refractivity contribution in [3.05, 3.63) is 34.7 Å². The lowest BCUT2D eigenvalue weighted by Gasteiger charge is -2.39. The molecule has 0 radical (unpaired) electrons. The Labute approximate surface area is 181 Å². The van der Waals surface area contributed by atoms with E-state index in [0.717, 1.165) is 0 Å². The maximum atomic E-state index is 11.6. The first-order valence-corrected chi connectivity index (χ1v) is 9.69. The number of aromatic hydroxyl groups is 1. The molecule has 0 saturated carbocycles. The van der Waals surface area contributed by atoms with Crippen LogP contribution in [0.3, 0.4) is 0 Å². The maximum absolute atomic E-state index is 11.6. The summed E-state index contributed by atoms with van der Waals surface area (Å²) in [5.41, 5.74) is -0.414. The van der Waals surface area contributed by atoms with Gasteiger partial charge in [-0.2, -0.15) is 0 Å². The minimum absolute atomic E-state index is 0.00935. The monoisotopic (exact) mass is 450 g/mol. The number of benzene rings is 1. The highest BCUT2D eigenvalue weighted by molar-refractivity contribution is 5.80. The van der Waals surface area contributed by atoms with E-state index in [1.807, 2.05) is 0 Å². The van der Waals surface area contributed by atoms with E-state index < -0.39 is 48.1 Å². The van der Waals surface area contributed by atoms with Gasteiger partial charge in [-0.25, -0.2) is 4.79 Å². The number of carbonyl (C=O) groups excluding carboxylic acids is 3. The van der Waals surface area contributed by atoms with Gasteiger partial charge < -0.3 is 33.2 Å². The Kier molecular flexibility index (Phi) is 6.98. The third kappa shape index (κ3) is 5.76. The maximum Gasteiger partial charge on any atom is 0.336 e. The van der Waals surface area contributed by atoms with Gasteiger partial charge in [0.15, 0.2) is 17.6 Å². The summed E-state index contributed by atoms with van der Waals surface area (Å²) < 4.78 is 32.1. The molecule has 1 aromatic carbocycles. The molecule has 0 spiro atoms. The third-order valence-corrected chi connectivity index (χ3v) is 4.51. The van der Waals surface area contributed by atoms with Crippen molar-refractivity contribution in [2.75, 3.05) is 6.61 Å². The summed E-state index contributed by atoms with van der Waals surface area (Å²) in [6, 6.07) is 5.38. The second-order valence-electron chi connectivity index (χ2n) is 7.09. The van der Waals surface area contributed by atoms with Crippen molar-refractivity contribution in [1.29, 1.82) is 0 Å². The minimum atomic E-state index is -1.06. The molecule has 1 saturated heterocycles. The van der Waals surface area contributed by atoms with Crippen LogP contribution in [0.5, 0.6) is 11.5 Å². The van der Waals surface area contributed by atoms with E-state index >= 15 is 0 Å². The fourth-order valence-corrected chi connectivity index (χ4v) is 3.29. The number of carbonyl (C=O) groups is 3. The number of phenolic OH excluding ortho intramolecular Hbond substituents is 1. The average molecular weight is 450 g/mol. The topological polar surface area (TPSA) is 148 Å². The Bertz CT molecular complexity index is 1070. The predicted octanol–water partition coefficient (Wildman–Crippen LogP) is 1.42. The fourth-order valence-electron chi connectivity index (χ4n) is 3.29. The van der Waals surface area contributed by atoms with Crippen LogP contribution in [0.1, 0.15) is 27.2 Å². The smallest absolute Gasteiger partial charge is 0.336 e. The number of ether oxygens (including phenoxy) is 5. The lowest BCUT2D eigenvalue weighted by Crippen LogP contribution is -2.54. The lowest BCUT2D eigenvalue weighted by atomic mass is 10.0. The molecule has 1 aromatic heterocycles. The van der Waals surface area contributed by atoms with Crippen LogP contribution in [-0.2, 0) is 33.3 Å². The molecule has 0 unspecified atom stereocenters. The zero-order valence-corrected chi connectivity index (χ0v) is 17.6. The van der Waals surface area contributed by atoms with Crippen LogP contribution < -0.4 is 10.4 Å². The molecule has 3 rings (SSSR count). The summed E-state index contributed by atoms with van der Waals surface area (Å²) in [5, 5.41) is 10.8. The number of hydrogen-bond donors (Lipinski definition) is 1. The van der Waals surface area contributed by atoms with Crippen molar-refractivity contribution in [3.63, 3.8) is 0 Å². The van der Waals surface area contributed by atoms with Crippen LogP contribution in [0.15, 0.2) is 33.5 Å². The van der Waals surface area contributed by atoms with Crippen LogP contribution in [0.4, 0.5) is 0 Å². The Hall–Kier alpha value is -3.60. The number of esters is 3. The summed E-state index contributed by atoms with van der Waals surface area (Å²) in [6.45, 7) is 3.29. The average Bonchev–Trinajstić information content (AvgIpc) is 2.68. The fraction of sp³-hybridized carbons (Fsp3) is 0.429.